The second kappa shape index (κ2) is 19.3. The van der Waals surface area contributed by atoms with E-state index in [1.807, 2.05) is 6.92 Å². The summed E-state index contributed by atoms with van der Waals surface area (Å²) < 4.78 is 17.0. The standard InChI is InChI=1S/C36H54O5/c1-7-27(3)17-15-13-11-9-10-12-14-16-26-39-33-22-18-32(19-23-33)36(38)41-34-24-20-31(21-25-34)35(37)40-30(6)29(5)28(4)8-2/h18-25,27-30H,7-17,26H2,1-6H3. The molecule has 5 heteroatoms. The molecule has 0 aliphatic heterocycles. The zero-order chi connectivity index (χ0) is 30.0. The van der Waals surface area contributed by atoms with E-state index in [1.54, 1.807) is 48.5 Å². The molecule has 0 amide bonds. The van der Waals surface area contributed by atoms with E-state index in [4.69, 9.17) is 14.2 Å². The highest BCUT2D eigenvalue weighted by Crippen LogP contribution is 2.23. The van der Waals surface area contributed by atoms with Gasteiger partial charge < -0.3 is 14.2 Å². The Hall–Kier alpha value is -2.82. The number of hydrogen-bond acceptors (Lipinski definition) is 5. The number of carbonyl (C=O) groups is 2. The third kappa shape index (κ3) is 13.1. The summed E-state index contributed by atoms with van der Waals surface area (Å²) in [6.45, 7) is 13.7. The van der Waals surface area contributed by atoms with Gasteiger partial charge in [-0.2, -0.15) is 0 Å². The van der Waals surface area contributed by atoms with Crippen LogP contribution in [-0.2, 0) is 4.74 Å². The van der Waals surface area contributed by atoms with Gasteiger partial charge in [0.05, 0.1) is 17.7 Å². The van der Waals surface area contributed by atoms with Crippen molar-refractivity contribution in [2.45, 2.75) is 118 Å². The summed E-state index contributed by atoms with van der Waals surface area (Å²) in [4.78, 5) is 25.1. The molecule has 2 aromatic rings. The Labute approximate surface area is 249 Å². The molecule has 228 valence electrons. The zero-order valence-corrected chi connectivity index (χ0v) is 26.5. The van der Waals surface area contributed by atoms with Gasteiger partial charge in [0, 0.05) is 0 Å². The SMILES string of the molecule is CCC(C)CCCCCCCCCCOc1ccc(C(=O)Oc2ccc(C(=O)OC(C)C(C)C(C)CC)cc2)cc1. The maximum Gasteiger partial charge on any atom is 0.343 e. The highest BCUT2D eigenvalue weighted by molar-refractivity contribution is 5.92. The second-order valence-corrected chi connectivity index (χ2v) is 11.8. The number of hydrogen-bond donors (Lipinski definition) is 0. The molecule has 0 heterocycles. The maximum absolute atomic E-state index is 12.6. The molecule has 0 N–H and O–H groups in total. The van der Waals surface area contributed by atoms with Gasteiger partial charge in [-0.1, -0.05) is 98.8 Å². The van der Waals surface area contributed by atoms with Crippen LogP contribution in [0.25, 0.3) is 0 Å². The highest BCUT2D eigenvalue weighted by atomic mass is 16.5. The Morgan fingerprint density at radius 3 is 1.71 bits per heavy atom. The van der Waals surface area contributed by atoms with Crippen LogP contribution in [0.5, 0.6) is 11.5 Å². The average Bonchev–Trinajstić information content (AvgIpc) is 2.99. The summed E-state index contributed by atoms with van der Waals surface area (Å²) in [6.07, 6.45) is 13.8. The van der Waals surface area contributed by atoms with Crippen molar-refractivity contribution in [1.29, 1.82) is 0 Å². The molecule has 4 unspecified atom stereocenters. The lowest BCUT2D eigenvalue weighted by Gasteiger charge is -2.25. The van der Waals surface area contributed by atoms with Gasteiger partial charge in [0.25, 0.3) is 0 Å². The van der Waals surface area contributed by atoms with Crippen LogP contribution < -0.4 is 9.47 Å². The van der Waals surface area contributed by atoms with Crippen LogP contribution in [0.1, 0.15) is 133 Å². The molecule has 5 nitrogen and oxygen atoms in total. The van der Waals surface area contributed by atoms with Crippen LogP contribution in [0.15, 0.2) is 48.5 Å². The quantitative estimate of drug-likeness (QED) is 0.0906. The van der Waals surface area contributed by atoms with Gasteiger partial charge in [0.2, 0.25) is 0 Å². The summed E-state index contributed by atoms with van der Waals surface area (Å²) in [5, 5.41) is 0. The average molecular weight is 567 g/mol. The molecule has 0 saturated heterocycles. The van der Waals surface area contributed by atoms with Crippen molar-refractivity contribution in [3.05, 3.63) is 59.7 Å². The van der Waals surface area contributed by atoms with Gasteiger partial charge in [-0.25, -0.2) is 9.59 Å². The van der Waals surface area contributed by atoms with E-state index in [0.717, 1.165) is 24.5 Å². The van der Waals surface area contributed by atoms with Crippen molar-refractivity contribution in [1.82, 2.24) is 0 Å². The van der Waals surface area contributed by atoms with Crippen molar-refractivity contribution in [3.8, 4) is 11.5 Å². The van der Waals surface area contributed by atoms with E-state index in [0.29, 0.717) is 29.4 Å². The smallest absolute Gasteiger partial charge is 0.343 e. The fourth-order valence-corrected chi connectivity index (χ4v) is 4.74. The van der Waals surface area contributed by atoms with Crippen LogP contribution in [0, 0.1) is 17.8 Å². The molecule has 0 aliphatic rings. The van der Waals surface area contributed by atoms with Gasteiger partial charge >= 0.3 is 11.9 Å². The molecule has 0 radical (unpaired) electrons. The first-order valence-electron chi connectivity index (χ1n) is 16.0. The molecule has 0 aliphatic carbocycles. The Bertz CT molecular complexity index is 998. The third-order valence-corrected chi connectivity index (χ3v) is 8.52. The Kier molecular flexibility index (Phi) is 16.2. The highest BCUT2D eigenvalue weighted by Gasteiger charge is 2.22. The monoisotopic (exact) mass is 566 g/mol. The lowest BCUT2D eigenvalue weighted by molar-refractivity contribution is 0.0143. The molecule has 41 heavy (non-hydrogen) atoms. The van der Waals surface area contributed by atoms with Crippen LogP contribution in [-0.4, -0.2) is 24.6 Å². The molecule has 2 rings (SSSR count). The van der Waals surface area contributed by atoms with Crippen LogP contribution in [0.2, 0.25) is 0 Å². The lowest BCUT2D eigenvalue weighted by Crippen LogP contribution is -2.26. The minimum absolute atomic E-state index is 0.175. The number of benzene rings is 2. The molecular weight excluding hydrogens is 512 g/mol. The topological polar surface area (TPSA) is 61.8 Å². The van der Waals surface area contributed by atoms with E-state index in [9.17, 15) is 9.59 Å². The minimum Gasteiger partial charge on any atom is -0.494 e. The van der Waals surface area contributed by atoms with Crippen molar-refractivity contribution >= 4 is 11.9 Å². The zero-order valence-electron chi connectivity index (χ0n) is 26.5. The first-order chi connectivity index (χ1) is 19.7. The van der Waals surface area contributed by atoms with Crippen molar-refractivity contribution < 1.29 is 23.8 Å². The second-order valence-electron chi connectivity index (χ2n) is 11.8. The van der Waals surface area contributed by atoms with Gasteiger partial charge in [0.1, 0.15) is 17.6 Å². The number of unbranched alkanes of at least 4 members (excludes halogenated alkanes) is 7. The molecule has 0 fully saturated rings. The van der Waals surface area contributed by atoms with E-state index in [1.165, 1.54) is 57.8 Å². The van der Waals surface area contributed by atoms with Crippen LogP contribution in [0.3, 0.4) is 0 Å². The summed E-state index contributed by atoms with van der Waals surface area (Å²) in [7, 11) is 0. The molecular formula is C36H54O5. The Balaban J connectivity index is 1.65. The predicted octanol–water partition coefficient (Wildman–Crippen LogP) is 10.1. The summed E-state index contributed by atoms with van der Waals surface area (Å²) in [5.74, 6) is 1.92. The summed E-state index contributed by atoms with van der Waals surface area (Å²) in [6, 6.07) is 13.5. The summed E-state index contributed by atoms with van der Waals surface area (Å²) >= 11 is 0. The summed E-state index contributed by atoms with van der Waals surface area (Å²) in [5.41, 5.74) is 0.875. The van der Waals surface area contributed by atoms with E-state index >= 15 is 0 Å². The minimum atomic E-state index is -0.456. The first kappa shape index (κ1) is 34.4. The number of carbonyl (C=O) groups excluding carboxylic acids is 2. The van der Waals surface area contributed by atoms with Crippen molar-refractivity contribution in [2.24, 2.45) is 17.8 Å². The van der Waals surface area contributed by atoms with E-state index in [2.05, 4.69) is 34.6 Å². The van der Waals surface area contributed by atoms with Crippen LogP contribution >= 0.6 is 0 Å². The van der Waals surface area contributed by atoms with Crippen LogP contribution in [0.4, 0.5) is 0 Å². The van der Waals surface area contributed by atoms with Gasteiger partial charge in [0.15, 0.2) is 0 Å². The Morgan fingerprint density at radius 2 is 1.15 bits per heavy atom. The molecule has 0 spiro atoms. The maximum atomic E-state index is 12.6. The van der Waals surface area contributed by atoms with E-state index < -0.39 is 5.97 Å². The van der Waals surface area contributed by atoms with Crippen molar-refractivity contribution in [2.75, 3.05) is 6.61 Å². The van der Waals surface area contributed by atoms with Gasteiger partial charge in [-0.05, 0) is 79.6 Å². The molecule has 4 atom stereocenters. The molecule has 2 aromatic carbocycles. The normalized spacial score (nSPS) is 14.1. The number of esters is 2. The lowest BCUT2D eigenvalue weighted by atomic mass is 9.89. The Morgan fingerprint density at radius 1 is 0.634 bits per heavy atom. The predicted molar refractivity (Wildman–Crippen MR) is 168 cm³/mol. The van der Waals surface area contributed by atoms with Gasteiger partial charge in [-0.3, -0.25) is 0 Å². The molecule has 0 bridgehead atoms. The fourth-order valence-electron chi connectivity index (χ4n) is 4.74. The van der Waals surface area contributed by atoms with Gasteiger partial charge in [-0.15, -0.1) is 0 Å². The molecule has 0 aromatic heterocycles. The van der Waals surface area contributed by atoms with Crippen molar-refractivity contribution in [3.63, 3.8) is 0 Å². The first-order valence-corrected chi connectivity index (χ1v) is 16.0. The fraction of sp³-hybridized carbons (Fsp3) is 0.611. The number of rotatable bonds is 20. The molecule has 0 saturated carbocycles. The van der Waals surface area contributed by atoms with E-state index in [-0.39, 0.29) is 18.0 Å². The third-order valence-electron chi connectivity index (χ3n) is 8.52. The largest absolute Gasteiger partial charge is 0.494 e. The number of ether oxygens (including phenoxy) is 3.